The van der Waals surface area contributed by atoms with Crippen molar-refractivity contribution in [1.82, 2.24) is 25.1 Å². The first-order valence-corrected chi connectivity index (χ1v) is 10.5. The summed E-state index contributed by atoms with van der Waals surface area (Å²) < 4.78 is 0. The summed E-state index contributed by atoms with van der Waals surface area (Å²) in [7, 11) is 0. The van der Waals surface area contributed by atoms with Crippen LogP contribution in [-0.2, 0) is 6.54 Å². The van der Waals surface area contributed by atoms with Crippen molar-refractivity contribution in [1.29, 1.82) is 0 Å². The van der Waals surface area contributed by atoms with E-state index in [1.54, 1.807) is 17.8 Å². The number of amides is 1. The Hall–Kier alpha value is -2.91. The molecule has 2 unspecified atom stereocenters. The molecule has 150 valence electrons. The third kappa shape index (κ3) is 5.12. The van der Waals surface area contributed by atoms with Crippen LogP contribution in [0.4, 0.5) is 10.9 Å². The third-order valence-electron chi connectivity index (χ3n) is 5.04. The Labute approximate surface area is 173 Å². The van der Waals surface area contributed by atoms with Crippen molar-refractivity contribution in [3.8, 4) is 0 Å². The molecule has 4 heterocycles. The number of likely N-dealkylation sites (tertiary alicyclic amines) is 1. The zero-order chi connectivity index (χ0) is 20.1. The molecule has 0 aromatic carbocycles. The van der Waals surface area contributed by atoms with Crippen molar-refractivity contribution in [2.24, 2.45) is 5.92 Å². The molecule has 8 nitrogen and oxygen atoms in total. The van der Waals surface area contributed by atoms with E-state index in [-0.39, 0.29) is 5.91 Å². The van der Waals surface area contributed by atoms with Crippen molar-refractivity contribution in [3.05, 3.63) is 59.5 Å². The average molecular weight is 410 g/mol. The number of nitrogens with one attached hydrogen (secondary N) is 2. The summed E-state index contributed by atoms with van der Waals surface area (Å²) in [6, 6.07) is 10.0. The number of hydrogen-bond acceptors (Lipinski definition) is 8. The van der Waals surface area contributed by atoms with E-state index in [0.29, 0.717) is 22.7 Å². The second-order valence-corrected chi connectivity index (χ2v) is 8.04. The molecule has 1 aliphatic rings. The highest BCUT2D eigenvalue weighted by Crippen LogP contribution is 2.22. The highest BCUT2D eigenvalue weighted by atomic mass is 32.1. The Bertz CT molecular complexity index is 918. The largest absolute Gasteiger partial charge is 0.367 e. The standard InChI is InChI=1S/C20H23N7OS/c1-14-11-27(12-16-4-2-3-8-21-16)9-7-17(14)24-18-6-5-15(10-22-18)19(28)25-20-26-23-13-29-20/h2-6,8,10,13-14,17H,7,9,11-12H2,1H3,(H,22,24)(H,25,26,28). The maximum absolute atomic E-state index is 12.2. The van der Waals surface area contributed by atoms with Gasteiger partial charge in [0.05, 0.1) is 11.3 Å². The SMILES string of the molecule is CC1CN(Cc2ccccn2)CCC1Nc1ccc(C(=O)Nc2nncs2)cn1. The molecule has 1 fully saturated rings. The molecule has 2 N–H and O–H groups in total. The van der Waals surface area contributed by atoms with Crippen LogP contribution in [0, 0.1) is 5.92 Å². The summed E-state index contributed by atoms with van der Waals surface area (Å²) in [5, 5.41) is 14.2. The minimum Gasteiger partial charge on any atom is -0.367 e. The average Bonchev–Trinajstić information content (AvgIpc) is 3.24. The first kappa shape index (κ1) is 19.4. The topological polar surface area (TPSA) is 95.9 Å². The van der Waals surface area contributed by atoms with Gasteiger partial charge in [-0.15, -0.1) is 10.2 Å². The van der Waals surface area contributed by atoms with Crippen LogP contribution in [0.2, 0.25) is 0 Å². The molecule has 1 aliphatic heterocycles. The lowest BCUT2D eigenvalue weighted by molar-refractivity contribution is 0.102. The number of nitrogens with zero attached hydrogens (tertiary/aromatic N) is 5. The summed E-state index contributed by atoms with van der Waals surface area (Å²) in [6.07, 6.45) is 4.46. The number of hydrogen-bond donors (Lipinski definition) is 2. The summed E-state index contributed by atoms with van der Waals surface area (Å²) in [5.74, 6) is 1.03. The summed E-state index contributed by atoms with van der Waals surface area (Å²) >= 11 is 1.28. The molecule has 0 saturated carbocycles. The van der Waals surface area contributed by atoms with Crippen LogP contribution in [0.15, 0.2) is 48.2 Å². The maximum Gasteiger partial charge on any atom is 0.259 e. The quantitative estimate of drug-likeness (QED) is 0.646. The van der Waals surface area contributed by atoms with Gasteiger partial charge in [0.2, 0.25) is 5.13 Å². The van der Waals surface area contributed by atoms with Crippen molar-refractivity contribution in [3.63, 3.8) is 0 Å². The van der Waals surface area contributed by atoms with E-state index in [9.17, 15) is 4.79 Å². The molecule has 0 spiro atoms. The molecule has 3 aromatic rings. The lowest BCUT2D eigenvalue weighted by Crippen LogP contribution is -2.45. The number of pyridine rings is 2. The highest BCUT2D eigenvalue weighted by Gasteiger charge is 2.26. The minimum atomic E-state index is -0.239. The normalized spacial score (nSPS) is 19.6. The number of aromatic nitrogens is 4. The lowest BCUT2D eigenvalue weighted by atomic mass is 9.93. The van der Waals surface area contributed by atoms with Crippen LogP contribution < -0.4 is 10.6 Å². The molecular weight excluding hydrogens is 386 g/mol. The molecule has 0 aliphatic carbocycles. The lowest BCUT2D eigenvalue weighted by Gasteiger charge is -2.37. The molecule has 2 atom stereocenters. The van der Waals surface area contributed by atoms with E-state index in [1.165, 1.54) is 11.3 Å². The number of carbonyl (C=O) groups is 1. The van der Waals surface area contributed by atoms with Gasteiger partial charge in [0.25, 0.3) is 5.91 Å². The van der Waals surface area contributed by atoms with Crippen molar-refractivity contribution < 1.29 is 4.79 Å². The Balaban J connectivity index is 1.29. The molecule has 4 rings (SSSR count). The molecular formula is C20H23N7OS. The zero-order valence-electron chi connectivity index (χ0n) is 16.2. The Kier molecular flexibility index (Phi) is 6.06. The van der Waals surface area contributed by atoms with Crippen LogP contribution in [0.1, 0.15) is 29.4 Å². The molecule has 1 amide bonds. The van der Waals surface area contributed by atoms with E-state index >= 15 is 0 Å². The van der Waals surface area contributed by atoms with Gasteiger partial charge in [-0.2, -0.15) is 0 Å². The van der Waals surface area contributed by atoms with Gasteiger partial charge in [0.1, 0.15) is 11.3 Å². The summed E-state index contributed by atoms with van der Waals surface area (Å²) in [6.45, 7) is 5.16. The Morgan fingerprint density at radius 3 is 2.90 bits per heavy atom. The van der Waals surface area contributed by atoms with Crippen molar-refractivity contribution >= 4 is 28.2 Å². The molecule has 29 heavy (non-hydrogen) atoms. The smallest absolute Gasteiger partial charge is 0.259 e. The van der Waals surface area contributed by atoms with Gasteiger partial charge in [0.15, 0.2) is 0 Å². The fourth-order valence-corrected chi connectivity index (χ4v) is 3.95. The van der Waals surface area contributed by atoms with E-state index < -0.39 is 0 Å². The molecule has 3 aromatic heterocycles. The van der Waals surface area contributed by atoms with Crippen LogP contribution >= 0.6 is 11.3 Å². The summed E-state index contributed by atoms with van der Waals surface area (Å²) in [4.78, 5) is 23.5. The van der Waals surface area contributed by atoms with Gasteiger partial charge >= 0.3 is 0 Å². The van der Waals surface area contributed by atoms with Gasteiger partial charge in [-0.05, 0) is 36.6 Å². The molecule has 9 heteroatoms. The van der Waals surface area contributed by atoms with Crippen molar-refractivity contribution in [2.45, 2.75) is 25.9 Å². The van der Waals surface area contributed by atoms with Crippen LogP contribution in [-0.4, -0.2) is 50.1 Å². The van der Waals surface area contributed by atoms with Gasteiger partial charge in [0, 0.05) is 38.1 Å². The van der Waals surface area contributed by atoms with E-state index in [1.807, 2.05) is 24.4 Å². The summed E-state index contributed by atoms with van der Waals surface area (Å²) in [5.41, 5.74) is 3.17. The van der Waals surface area contributed by atoms with E-state index in [4.69, 9.17) is 0 Å². The fraction of sp³-hybridized carbons (Fsp3) is 0.350. The van der Waals surface area contributed by atoms with Crippen LogP contribution in [0.5, 0.6) is 0 Å². The van der Waals surface area contributed by atoms with Crippen LogP contribution in [0.25, 0.3) is 0 Å². The molecule has 0 bridgehead atoms. The number of anilines is 2. The zero-order valence-corrected chi connectivity index (χ0v) is 17.0. The van der Waals surface area contributed by atoms with Gasteiger partial charge in [-0.1, -0.05) is 24.3 Å². The van der Waals surface area contributed by atoms with Gasteiger partial charge in [-0.25, -0.2) is 4.98 Å². The molecule has 0 radical (unpaired) electrons. The second kappa shape index (κ2) is 9.06. The second-order valence-electron chi connectivity index (χ2n) is 7.20. The third-order valence-corrected chi connectivity index (χ3v) is 5.65. The predicted molar refractivity (Wildman–Crippen MR) is 113 cm³/mol. The maximum atomic E-state index is 12.2. The van der Waals surface area contributed by atoms with Crippen molar-refractivity contribution in [2.75, 3.05) is 23.7 Å². The van der Waals surface area contributed by atoms with Crippen LogP contribution in [0.3, 0.4) is 0 Å². The van der Waals surface area contributed by atoms with E-state index in [0.717, 1.165) is 37.6 Å². The first-order valence-electron chi connectivity index (χ1n) is 9.60. The van der Waals surface area contributed by atoms with E-state index in [2.05, 4.69) is 48.7 Å². The predicted octanol–water partition coefficient (Wildman–Crippen LogP) is 2.90. The molecule has 1 saturated heterocycles. The Morgan fingerprint density at radius 2 is 2.21 bits per heavy atom. The number of rotatable bonds is 6. The van der Waals surface area contributed by atoms with Gasteiger partial charge in [-0.3, -0.25) is 20.0 Å². The number of piperidine rings is 1. The highest BCUT2D eigenvalue weighted by molar-refractivity contribution is 7.13. The first-order chi connectivity index (χ1) is 14.2. The monoisotopic (exact) mass is 409 g/mol. The fourth-order valence-electron chi connectivity index (χ4n) is 3.51. The number of carbonyl (C=O) groups excluding carboxylic acids is 1. The minimum absolute atomic E-state index is 0.239. The Morgan fingerprint density at radius 1 is 1.28 bits per heavy atom. The van der Waals surface area contributed by atoms with Gasteiger partial charge < -0.3 is 5.32 Å².